The Hall–Kier alpha value is -2.12. The maximum absolute atomic E-state index is 12.5. The lowest BCUT2D eigenvalue weighted by Crippen LogP contribution is -2.15. The molecule has 0 spiro atoms. The van der Waals surface area contributed by atoms with Crippen molar-refractivity contribution in [2.24, 2.45) is 5.73 Å². The summed E-state index contributed by atoms with van der Waals surface area (Å²) in [5, 5.41) is 2.94. The number of nitrogens with zero attached hydrogens (tertiary/aromatic N) is 1. The minimum atomic E-state index is -0.445. The van der Waals surface area contributed by atoms with Crippen LogP contribution in [0.5, 0.6) is 0 Å². The van der Waals surface area contributed by atoms with Crippen molar-refractivity contribution < 1.29 is 4.79 Å². The van der Waals surface area contributed by atoms with Crippen LogP contribution in [-0.4, -0.2) is 21.6 Å². The number of rotatable bonds is 5. The molecule has 0 atom stereocenters. The van der Waals surface area contributed by atoms with Gasteiger partial charge in [-0.25, -0.2) is 4.98 Å². The number of amides is 1. The Labute approximate surface area is 147 Å². The Balaban J connectivity index is 2.01. The molecule has 3 aromatic rings. The van der Waals surface area contributed by atoms with Crippen LogP contribution in [0.3, 0.4) is 0 Å². The molecule has 7 heteroatoms. The molecule has 2 heterocycles. The summed E-state index contributed by atoms with van der Waals surface area (Å²) in [6.45, 7) is 4.30. The van der Waals surface area contributed by atoms with Crippen LogP contribution < -0.4 is 11.3 Å². The SMILES string of the molecule is CC(C)c1ccc(-c2csc3nc(SCC(N)=O)[nH]c(=O)c23)cc1. The summed E-state index contributed by atoms with van der Waals surface area (Å²) < 4.78 is 0. The lowest BCUT2D eigenvalue weighted by molar-refractivity contribution is -0.115. The number of nitrogens with one attached hydrogen (secondary N) is 1. The van der Waals surface area contributed by atoms with Gasteiger partial charge in [0, 0.05) is 10.9 Å². The maximum Gasteiger partial charge on any atom is 0.260 e. The van der Waals surface area contributed by atoms with Gasteiger partial charge in [0.1, 0.15) is 4.83 Å². The van der Waals surface area contributed by atoms with E-state index in [0.717, 1.165) is 22.9 Å². The van der Waals surface area contributed by atoms with Gasteiger partial charge in [-0.05, 0) is 17.0 Å². The first-order chi connectivity index (χ1) is 11.5. The van der Waals surface area contributed by atoms with Crippen LogP contribution in [0.25, 0.3) is 21.3 Å². The van der Waals surface area contributed by atoms with Crippen LogP contribution in [0.2, 0.25) is 0 Å². The largest absolute Gasteiger partial charge is 0.369 e. The predicted octanol–water partition coefficient (Wildman–Crippen LogP) is 3.35. The quantitative estimate of drug-likeness (QED) is 0.540. The molecule has 3 rings (SSSR count). The number of hydrogen-bond donors (Lipinski definition) is 2. The molecule has 2 aromatic heterocycles. The Morgan fingerprint density at radius 2 is 2.04 bits per heavy atom. The zero-order valence-electron chi connectivity index (χ0n) is 13.3. The van der Waals surface area contributed by atoms with E-state index in [0.29, 0.717) is 21.3 Å². The Morgan fingerprint density at radius 3 is 2.67 bits per heavy atom. The molecule has 0 bridgehead atoms. The van der Waals surface area contributed by atoms with Crippen molar-refractivity contribution in [1.82, 2.24) is 9.97 Å². The third-order valence-corrected chi connectivity index (χ3v) is 5.43. The van der Waals surface area contributed by atoms with Crippen molar-refractivity contribution in [2.75, 3.05) is 5.75 Å². The molecular weight excluding hydrogens is 342 g/mol. The summed E-state index contributed by atoms with van der Waals surface area (Å²) in [6.07, 6.45) is 0. The molecule has 0 aliphatic heterocycles. The number of aromatic amines is 1. The number of H-pyrrole nitrogens is 1. The number of benzene rings is 1. The molecule has 0 saturated heterocycles. The van der Waals surface area contributed by atoms with Crippen molar-refractivity contribution in [2.45, 2.75) is 24.9 Å². The van der Waals surface area contributed by atoms with Gasteiger partial charge in [0.2, 0.25) is 5.91 Å². The fourth-order valence-electron chi connectivity index (χ4n) is 2.40. The molecule has 0 aliphatic rings. The van der Waals surface area contributed by atoms with Crippen molar-refractivity contribution in [3.05, 3.63) is 45.6 Å². The minimum absolute atomic E-state index is 0.0867. The average molecular weight is 359 g/mol. The molecule has 0 fully saturated rings. The molecule has 1 amide bonds. The zero-order chi connectivity index (χ0) is 17.3. The average Bonchev–Trinajstić information content (AvgIpc) is 2.97. The molecule has 0 unspecified atom stereocenters. The van der Waals surface area contributed by atoms with Gasteiger partial charge in [0.25, 0.3) is 5.56 Å². The van der Waals surface area contributed by atoms with E-state index >= 15 is 0 Å². The van der Waals surface area contributed by atoms with Crippen molar-refractivity contribution in [3.63, 3.8) is 0 Å². The van der Waals surface area contributed by atoms with Crippen LogP contribution in [0.15, 0.2) is 39.6 Å². The van der Waals surface area contributed by atoms with E-state index < -0.39 is 5.91 Å². The number of carbonyl (C=O) groups is 1. The number of carbonyl (C=O) groups excluding carboxylic acids is 1. The summed E-state index contributed by atoms with van der Waals surface area (Å²) in [6, 6.07) is 8.24. The predicted molar refractivity (Wildman–Crippen MR) is 99.7 cm³/mol. The third-order valence-electron chi connectivity index (χ3n) is 3.66. The van der Waals surface area contributed by atoms with Crippen molar-refractivity contribution in [1.29, 1.82) is 0 Å². The van der Waals surface area contributed by atoms with Gasteiger partial charge in [-0.1, -0.05) is 49.9 Å². The molecular formula is C17H17N3O2S2. The third kappa shape index (κ3) is 3.37. The molecule has 5 nitrogen and oxygen atoms in total. The van der Waals surface area contributed by atoms with E-state index in [1.165, 1.54) is 16.9 Å². The number of primary amides is 1. The second kappa shape index (κ2) is 6.78. The van der Waals surface area contributed by atoms with Gasteiger partial charge >= 0.3 is 0 Å². The lowest BCUT2D eigenvalue weighted by atomic mass is 9.99. The van der Waals surface area contributed by atoms with Crippen molar-refractivity contribution in [3.8, 4) is 11.1 Å². The van der Waals surface area contributed by atoms with Gasteiger partial charge in [-0.15, -0.1) is 11.3 Å². The van der Waals surface area contributed by atoms with E-state index in [4.69, 9.17) is 5.73 Å². The zero-order valence-corrected chi connectivity index (χ0v) is 15.0. The molecule has 3 N–H and O–H groups in total. The van der Waals surface area contributed by atoms with E-state index in [-0.39, 0.29) is 11.3 Å². The van der Waals surface area contributed by atoms with E-state index in [2.05, 4.69) is 35.9 Å². The van der Waals surface area contributed by atoms with Gasteiger partial charge in [-0.2, -0.15) is 0 Å². The number of nitrogens with two attached hydrogens (primary N) is 1. The normalized spacial score (nSPS) is 11.3. The van der Waals surface area contributed by atoms with E-state index in [9.17, 15) is 9.59 Å². The highest BCUT2D eigenvalue weighted by atomic mass is 32.2. The van der Waals surface area contributed by atoms with E-state index in [1.54, 1.807) is 0 Å². The maximum atomic E-state index is 12.5. The number of aromatic nitrogens is 2. The summed E-state index contributed by atoms with van der Waals surface area (Å²) in [4.78, 5) is 31.1. The van der Waals surface area contributed by atoms with Crippen LogP contribution in [0.1, 0.15) is 25.3 Å². The molecule has 0 saturated carbocycles. The number of fused-ring (bicyclic) bond motifs is 1. The second-order valence-corrected chi connectivity index (χ2v) is 7.55. The monoisotopic (exact) mass is 359 g/mol. The smallest absolute Gasteiger partial charge is 0.260 e. The van der Waals surface area contributed by atoms with Gasteiger partial charge in [0.05, 0.1) is 11.1 Å². The fraction of sp³-hybridized carbons (Fsp3) is 0.235. The molecule has 1 aromatic carbocycles. The highest BCUT2D eigenvalue weighted by molar-refractivity contribution is 7.99. The number of thiophene rings is 1. The van der Waals surface area contributed by atoms with Gasteiger partial charge < -0.3 is 10.7 Å². The second-order valence-electron chi connectivity index (χ2n) is 5.73. The number of thioether (sulfide) groups is 1. The first-order valence-electron chi connectivity index (χ1n) is 7.48. The van der Waals surface area contributed by atoms with Gasteiger partial charge in [0.15, 0.2) is 5.16 Å². The van der Waals surface area contributed by atoms with E-state index in [1.807, 2.05) is 17.5 Å². The molecule has 124 valence electrons. The first-order valence-corrected chi connectivity index (χ1v) is 9.35. The summed E-state index contributed by atoms with van der Waals surface area (Å²) >= 11 is 2.55. The molecule has 0 radical (unpaired) electrons. The topological polar surface area (TPSA) is 88.8 Å². The number of hydrogen-bond acceptors (Lipinski definition) is 5. The van der Waals surface area contributed by atoms with Gasteiger partial charge in [-0.3, -0.25) is 9.59 Å². The Morgan fingerprint density at radius 1 is 1.33 bits per heavy atom. The lowest BCUT2D eigenvalue weighted by Gasteiger charge is -2.06. The first kappa shape index (κ1) is 16.7. The highest BCUT2D eigenvalue weighted by Gasteiger charge is 2.13. The molecule has 24 heavy (non-hydrogen) atoms. The van der Waals surface area contributed by atoms with Crippen LogP contribution >= 0.6 is 23.1 Å². The summed E-state index contributed by atoms with van der Waals surface area (Å²) in [7, 11) is 0. The minimum Gasteiger partial charge on any atom is -0.369 e. The summed E-state index contributed by atoms with van der Waals surface area (Å²) in [5.41, 5.74) is 8.07. The Kier molecular flexibility index (Phi) is 4.73. The fourth-order valence-corrected chi connectivity index (χ4v) is 4.00. The molecule has 0 aliphatic carbocycles. The Bertz CT molecular complexity index is 943. The standard InChI is InChI=1S/C17H17N3O2S2/c1-9(2)10-3-5-11(6-4-10)12-7-23-16-14(12)15(22)19-17(20-16)24-8-13(18)21/h3-7,9H,8H2,1-2H3,(H2,18,21)(H,19,20,22). The highest BCUT2D eigenvalue weighted by Crippen LogP contribution is 2.32. The van der Waals surface area contributed by atoms with Crippen LogP contribution in [0, 0.1) is 0 Å². The van der Waals surface area contributed by atoms with Crippen LogP contribution in [-0.2, 0) is 4.79 Å². The van der Waals surface area contributed by atoms with Crippen molar-refractivity contribution >= 4 is 39.2 Å². The summed E-state index contributed by atoms with van der Waals surface area (Å²) in [5.74, 6) is 0.108. The van der Waals surface area contributed by atoms with Crippen LogP contribution in [0.4, 0.5) is 0 Å².